The van der Waals surface area contributed by atoms with Crippen molar-refractivity contribution in [2.24, 2.45) is 0 Å². The summed E-state index contributed by atoms with van der Waals surface area (Å²) in [4.78, 5) is 1.12. The van der Waals surface area contributed by atoms with E-state index in [1.165, 1.54) is 0 Å². The fourth-order valence-corrected chi connectivity index (χ4v) is 2.36. The van der Waals surface area contributed by atoms with Crippen molar-refractivity contribution in [1.29, 1.82) is 0 Å². The van der Waals surface area contributed by atoms with Crippen molar-refractivity contribution in [3.05, 3.63) is 53.9 Å². The normalized spacial score (nSPS) is 10.3. The Morgan fingerprint density at radius 2 is 1.79 bits per heavy atom. The first-order valence-electron chi connectivity index (χ1n) is 5.81. The zero-order valence-corrected chi connectivity index (χ0v) is 10.9. The standard InChI is InChI=1S/C14H12N4S/c15-10-3-5-11(6-4-10)16-14-8-7-12(17-18-14)13-2-1-9-19-13/h1-9H,15H2,(H,16,18). The number of rotatable bonds is 3. The lowest BCUT2D eigenvalue weighted by atomic mass is 10.3. The molecule has 0 amide bonds. The van der Waals surface area contributed by atoms with Crippen molar-refractivity contribution in [2.75, 3.05) is 11.1 Å². The Morgan fingerprint density at radius 3 is 2.42 bits per heavy atom. The first-order chi connectivity index (χ1) is 9.31. The highest BCUT2D eigenvalue weighted by Crippen LogP contribution is 2.23. The van der Waals surface area contributed by atoms with E-state index in [1.807, 2.05) is 53.9 Å². The molecule has 5 heteroatoms. The van der Waals surface area contributed by atoms with Gasteiger partial charge in [-0.05, 0) is 47.8 Å². The molecule has 3 rings (SSSR count). The van der Waals surface area contributed by atoms with Gasteiger partial charge in [-0.2, -0.15) is 0 Å². The molecule has 2 aromatic heterocycles. The highest BCUT2D eigenvalue weighted by molar-refractivity contribution is 7.13. The predicted molar refractivity (Wildman–Crippen MR) is 79.5 cm³/mol. The Bertz CT molecular complexity index is 645. The number of anilines is 3. The Kier molecular flexibility index (Phi) is 3.12. The number of hydrogen-bond donors (Lipinski definition) is 2. The van der Waals surface area contributed by atoms with Crippen LogP contribution in [0.2, 0.25) is 0 Å². The van der Waals surface area contributed by atoms with Crippen molar-refractivity contribution in [3.63, 3.8) is 0 Å². The average Bonchev–Trinajstić information content (AvgIpc) is 2.96. The molecule has 0 fully saturated rings. The SMILES string of the molecule is Nc1ccc(Nc2ccc(-c3cccs3)nn2)cc1. The average molecular weight is 268 g/mol. The minimum Gasteiger partial charge on any atom is -0.399 e. The maximum atomic E-state index is 5.64. The first kappa shape index (κ1) is 11.7. The van der Waals surface area contributed by atoms with Crippen LogP contribution in [0, 0.1) is 0 Å². The van der Waals surface area contributed by atoms with Crippen LogP contribution >= 0.6 is 11.3 Å². The highest BCUT2D eigenvalue weighted by Gasteiger charge is 2.02. The quantitative estimate of drug-likeness (QED) is 0.713. The van der Waals surface area contributed by atoms with Gasteiger partial charge in [0.25, 0.3) is 0 Å². The molecule has 0 aliphatic rings. The van der Waals surface area contributed by atoms with Crippen LogP contribution in [0.3, 0.4) is 0 Å². The van der Waals surface area contributed by atoms with E-state index in [4.69, 9.17) is 5.73 Å². The molecule has 0 saturated carbocycles. The van der Waals surface area contributed by atoms with Crippen LogP contribution in [0.1, 0.15) is 0 Å². The van der Waals surface area contributed by atoms with Crippen molar-refractivity contribution in [3.8, 4) is 10.6 Å². The zero-order chi connectivity index (χ0) is 13.1. The van der Waals surface area contributed by atoms with Gasteiger partial charge in [-0.1, -0.05) is 6.07 Å². The van der Waals surface area contributed by atoms with Gasteiger partial charge in [0.2, 0.25) is 0 Å². The lowest BCUT2D eigenvalue weighted by molar-refractivity contribution is 1.05. The Morgan fingerprint density at radius 1 is 0.947 bits per heavy atom. The van der Waals surface area contributed by atoms with Gasteiger partial charge >= 0.3 is 0 Å². The molecule has 3 N–H and O–H groups in total. The third-order valence-electron chi connectivity index (χ3n) is 2.62. The molecule has 4 nitrogen and oxygen atoms in total. The topological polar surface area (TPSA) is 63.8 Å². The van der Waals surface area contributed by atoms with E-state index in [0.29, 0.717) is 5.82 Å². The van der Waals surface area contributed by atoms with Gasteiger partial charge in [0, 0.05) is 11.4 Å². The first-order valence-corrected chi connectivity index (χ1v) is 6.69. The van der Waals surface area contributed by atoms with Crippen LogP contribution in [0.25, 0.3) is 10.6 Å². The second-order valence-corrected chi connectivity index (χ2v) is 4.98. The van der Waals surface area contributed by atoms with E-state index in [1.54, 1.807) is 11.3 Å². The van der Waals surface area contributed by atoms with Gasteiger partial charge in [0.05, 0.1) is 4.88 Å². The van der Waals surface area contributed by atoms with Crippen LogP contribution in [0.4, 0.5) is 17.2 Å². The van der Waals surface area contributed by atoms with E-state index in [9.17, 15) is 0 Å². The summed E-state index contributed by atoms with van der Waals surface area (Å²) in [7, 11) is 0. The van der Waals surface area contributed by atoms with Crippen LogP contribution in [0.15, 0.2) is 53.9 Å². The third-order valence-corrected chi connectivity index (χ3v) is 3.51. The smallest absolute Gasteiger partial charge is 0.153 e. The molecule has 0 atom stereocenters. The third kappa shape index (κ3) is 2.71. The summed E-state index contributed by atoms with van der Waals surface area (Å²) in [6, 6.07) is 15.4. The second-order valence-electron chi connectivity index (χ2n) is 4.03. The number of benzene rings is 1. The van der Waals surface area contributed by atoms with E-state index in [-0.39, 0.29) is 0 Å². The van der Waals surface area contributed by atoms with Gasteiger partial charge in [0.1, 0.15) is 5.69 Å². The Balaban J connectivity index is 1.77. The summed E-state index contributed by atoms with van der Waals surface area (Å²) < 4.78 is 0. The van der Waals surface area contributed by atoms with Crippen LogP contribution in [0.5, 0.6) is 0 Å². The molecule has 2 heterocycles. The Hall–Kier alpha value is -2.40. The molecule has 0 spiro atoms. The summed E-state index contributed by atoms with van der Waals surface area (Å²) in [6.07, 6.45) is 0. The summed E-state index contributed by atoms with van der Waals surface area (Å²) >= 11 is 1.65. The predicted octanol–water partition coefficient (Wildman–Crippen LogP) is 3.53. The largest absolute Gasteiger partial charge is 0.399 e. The number of aromatic nitrogens is 2. The molecule has 0 radical (unpaired) electrons. The minimum atomic E-state index is 0.713. The lowest BCUT2D eigenvalue weighted by Crippen LogP contribution is -1.96. The van der Waals surface area contributed by atoms with Crippen molar-refractivity contribution in [2.45, 2.75) is 0 Å². The number of thiophene rings is 1. The minimum absolute atomic E-state index is 0.713. The van der Waals surface area contributed by atoms with Crippen molar-refractivity contribution < 1.29 is 0 Å². The molecule has 1 aromatic carbocycles. The fourth-order valence-electron chi connectivity index (χ4n) is 1.67. The van der Waals surface area contributed by atoms with Gasteiger partial charge in [-0.25, -0.2) is 0 Å². The number of nitrogens with two attached hydrogens (primary N) is 1. The molecule has 0 aliphatic carbocycles. The number of nitrogens with zero attached hydrogens (tertiary/aromatic N) is 2. The molecule has 0 saturated heterocycles. The summed E-state index contributed by atoms with van der Waals surface area (Å²) in [6.45, 7) is 0. The van der Waals surface area contributed by atoms with Gasteiger partial charge < -0.3 is 11.1 Å². The molecule has 0 unspecified atom stereocenters. The molecular formula is C14H12N4S. The van der Waals surface area contributed by atoms with Gasteiger partial charge in [0.15, 0.2) is 5.82 Å². The van der Waals surface area contributed by atoms with Gasteiger partial charge in [-0.15, -0.1) is 21.5 Å². The second kappa shape index (κ2) is 5.07. The maximum Gasteiger partial charge on any atom is 0.153 e. The van der Waals surface area contributed by atoms with Crippen molar-refractivity contribution >= 4 is 28.5 Å². The van der Waals surface area contributed by atoms with Crippen molar-refractivity contribution in [1.82, 2.24) is 10.2 Å². The Labute approximate surface area is 114 Å². The molecule has 19 heavy (non-hydrogen) atoms. The number of nitrogens with one attached hydrogen (secondary N) is 1. The maximum absolute atomic E-state index is 5.64. The van der Waals surface area contributed by atoms with E-state index in [2.05, 4.69) is 15.5 Å². The van der Waals surface area contributed by atoms with Crippen LogP contribution in [-0.4, -0.2) is 10.2 Å². The zero-order valence-electron chi connectivity index (χ0n) is 10.1. The van der Waals surface area contributed by atoms with E-state index >= 15 is 0 Å². The van der Waals surface area contributed by atoms with Crippen LogP contribution < -0.4 is 11.1 Å². The number of nitrogen functional groups attached to an aromatic ring is 1. The summed E-state index contributed by atoms with van der Waals surface area (Å²) in [5.74, 6) is 0.713. The van der Waals surface area contributed by atoms with E-state index < -0.39 is 0 Å². The summed E-state index contributed by atoms with van der Waals surface area (Å²) in [5, 5.41) is 13.6. The molecular weight excluding hydrogens is 256 g/mol. The van der Waals surface area contributed by atoms with E-state index in [0.717, 1.165) is 21.9 Å². The monoisotopic (exact) mass is 268 g/mol. The number of hydrogen-bond acceptors (Lipinski definition) is 5. The summed E-state index contributed by atoms with van der Waals surface area (Å²) in [5.41, 5.74) is 8.20. The highest BCUT2D eigenvalue weighted by atomic mass is 32.1. The molecule has 94 valence electrons. The molecule has 3 aromatic rings. The molecule has 0 aliphatic heterocycles. The van der Waals surface area contributed by atoms with Gasteiger partial charge in [-0.3, -0.25) is 0 Å². The van der Waals surface area contributed by atoms with Crippen LogP contribution in [-0.2, 0) is 0 Å². The fraction of sp³-hybridized carbons (Fsp3) is 0. The molecule has 0 bridgehead atoms. The lowest BCUT2D eigenvalue weighted by Gasteiger charge is -2.05.